The Morgan fingerprint density at radius 1 is 0.742 bits per heavy atom. The van der Waals surface area contributed by atoms with Crippen LogP contribution in [0.4, 0.5) is 4.39 Å². The van der Waals surface area contributed by atoms with Gasteiger partial charge in [-0.1, -0.05) is 42.2 Å². The number of allylic oxidation sites excluding steroid dienone is 1. The number of aryl methyl sites for hydroxylation is 3. The minimum Gasteiger partial charge on any atom is -0.241 e. The van der Waals surface area contributed by atoms with E-state index in [2.05, 4.69) is 40.5 Å². The monoisotopic (exact) mass is 406 g/mol. The van der Waals surface area contributed by atoms with Gasteiger partial charge < -0.3 is 0 Å². The third-order valence-electron chi connectivity index (χ3n) is 5.14. The normalized spacial score (nSPS) is 10.5. The molecule has 3 heteroatoms. The fraction of sp³-hybridized carbons (Fsp3) is 0.143. The van der Waals surface area contributed by atoms with Crippen LogP contribution in [0.5, 0.6) is 0 Å². The van der Waals surface area contributed by atoms with Crippen molar-refractivity contribution in [3.8, 4) is 11.8 Å². The minimum atomic E-state index is -0.224. The second kappa shape index (κ2) is 9.82. The molecule has 4 rings (SSSR count). The second-order valence-electron chi connectivity index (χ2n) is 7.49. The average Bonchev–Trinajstić information content (AvgIpc) is 2.81. The largest absolute Gasteiger partial charge is 0.241 e. The standard InChI is InChI=1S/C28H23FN2/c1-2-3-4-24-19-30-28(31-20-24)16-12-22-7-5-21(6-8-22)9-10-23-11-13-26-18-27(29)15-14-25(26)17-23/h2,5-8,11,13-15,17-20H,1,3-4,12,16H2. The Kier molecular flexibility index (Phi) is 6.50. The molecule has 4 aromatic rings. The number of rotatable bonds is 6. The smallest absolute Gasteiger partial charge is 0.128 e. The van der Waals surface area contributed by atoms with Crippen LogP contribution in [0.2, 0.25) is 0 Å². The van der Waals surface area contributed by atoms with Gasteiger partial charge in [0, 0.05) is 29.9 Å². The molecule has 0 saturated heterocycles. The first-order chi connectivity index (χ1) is 15.2. The highest BCUT2D eigenvalue weighted by Gasteiger charge is 2.01. The van der Waals surface area contributed by atoms with Crippen molar-refractivity contribution in [3.05, 3.63) is 120 Å². The van der Waals surface area contributed by atoms with E-state index in [0.29, 0.717) is 0 Å². The predicted octanol–water partition coefficient (Wildman–Crippen LogP) is 6.07. The minimum absolute atomic E-state index is 0.224. The highest BCUT2D eigenvalue weighted by atomic mass is 19.1. The SMILES string of the molecule is C=CCCc1cnc(CCc2ccc(C#Cc3ccc4cc(F)ccc4c3)cc2)nc1. The maximum atomic E-state index is 13.3. The van der Waals surface area contributed by atoms with Crippen molar-refractivity contribution in [2.24, 2.45) is 0 Å². The molecule has 0 N–H and O–H groups in total. The van der Waals surface area contributed by atoms with Crippen molar-refractivity contribution >= 4 is 10.8 Å². The Hall–Kier alpha value is -3.77. The number of hydrogen-bond acceptors (Lipinski definition) is 2. The molecule has 0 atom stereocenters. The molecule has 0 radical (unpaired) electrons. The Balaban J connectivity index is 1.36. The number of halogens is 1. The first-order valence-electron chi connectivity index (χ1n) is 10.4. The Morgan fingerprint density at radius 3 is 2.19 bits per heavy atom. The van der Waals surface area contributed by atoms with Crippen molar-refractivity contribution in [2.45, 2.75) is 25.7 Å². The van der Waals surface area contributed by atoms with Gasteiger partial charge in [-0.15, -0.1) is 6.58 Å². The van der Waals surface area contributed by atoms with E-state index in [9.17, 15) is 4.39 Å². The second-order valence-corrected chi connectivity index (χ2v) is 7.49. The molecule has 1 aromatic heterocycles. The molecule has 152 valence electrons. The molecule has 0 spiro atoms. The molecular formula is C28H23FN2. The quantitative estimate of drug-likeness (QED) is 0.287. The number of aromatic nitrogens is 2. The van der Waals surface area contributed by atoms with Crippen LogP contribution < -0.4 is 0 Å². The third-order valence-corrected chi connectivity index (χ3v) is 5.14. The van der Waals surface area contributed by atoms with E-state index in [1.807, 2.05) is 48.8 Å². The zero-order valence-electron chi connectivity index (χ0n) is 17.3. The van der Waals surface area contributed by atoms with Crippen LogP contribution in [0.25, 0.3) is 10.8 Å². The molecule has 0 unspecified atom stereocenters. The maximum absolute atomic E-state index is 13.3. The van der Waals surface area contributed by atoms with Gasteiger partial charge in [0.1, 0.15) is 11.6 Å². The van der Waals surface area contributed by atoms with Crippen LogP contribution in [0.1, 0.15) is 34.5 Å². The van der Waals surface area contributed by atoms with Crippen LogP contribution in [0.3, 0.4) is 0 Å². The first-order valence-corrected chi connectivity index (χ1v) is 10.4. The van der Waals surface area contributed by atoms with E-state index in [0.717, 1.165) is 59.0 Å². The molecule has 0 aliphatic heterocycles. The average molecular weight is 407 g/mol. The fourth-order valence-corrected chi connectivity index (χ4v) is 3.36. The van der Waals surface area contributed by atoms with Crippen molar-refractivity contribution in [1.29, 1.82) is 0 Å². The summed E-state index contributed by atoms with van der Waals surface area (Å²) >= 11 is 0. The summed E-state index contributed by atoms with van der Waals surface area (Å²) in [5, 5.41) is 1.87. The zero-order chi connectivity index (χ0) is 21.5. The molecule has 0 aliphatic rings. The summed E-state index contributed by atoms with van der Waals surface area (Å²) in [6.45, 7) is 3.74. The third kappa shape index (κ3) is 5.65. The van der Waals surface area contributed by atoms with E-state index in [1.54, 1.807) is 6.07 Å². The molecule has 3 aromatic carbocycles. The lowest BCUT2D eigenvalue weighted by molar-refractivity contribution is 0.630. The summed E-state index contributed by atoms with van der Waals surface area (Å²) in [4.78, 5) is 8.93. The molecular weight excluding hydrogens is 383 g/mol. The van der Waals surface area contributed by atoms with Crippen LogP contribution in [0, 0.1) is 17.7 Å². The molecule has 2 nitrogen and oxygen atoms in total. The maximum Gasteiger partial charge on any atom is 0.128 e. The van der Waals surface area contributed by atoms with Gasteiger partial charge in [0.25, 0.3) is 0 Å². The summed E-state index contributed by atoms with van der Waals surface area (Å²) in [5.41, 5.74) is 4.26. The van der Waals surface area contributed by atoms with Gasteiger partial charge in [0.15, 0.2) is 0 Å². The van der Waals surface area contributed by atoms with Gasteiger partial charge in [-0.2, -0.15) is 0 Å². The predicted molar refractivity (Wildman–Crippen MR) is 124 cm³/mol. The highest BCUT2D eigenvalue weighted by molar-refractivity contribution is 5.83. The Bertz CT molecular complexity index is 1250. The molecule has 0 saturated carbocycles. The number of hydrogen-bond donors (Lipinski definition) is 0. The lowest BCUT2D eigenvalue weighted by Crippen LogP contribution is -1.99. The first kappa shape index (κ1) is 20.5. The van der Waals surface area contributed by atoms with Gasteiger partial charge in [-0.05, 0) is 77.6 Å². The highest BCUT2D eigenvalue weighted by Crippen LogP contribution is 2.17. The van der Waals surface area contributed by atoms with Gasteiger partial charge in [-0.25, -0.2) is 14.4 Å². The summed E-state index contributed by atoms with van der Waals surface area (Å²) in [5.74, 6) is 7.04. The van der Waals surface area contributed by atoms with E-state index in [-0.39, 0.29) is 5.82 Å². The van der Waals surface area contributed by atoms with E-state index in [1.165, 1.54) is 17.7 Å². The van der Waals surface area contributed by atoms with Crippen LogP contribution in [-0.2, 0) is 19.3 Å². The topological polar surface area (TPSA) is 25.8 Å². The number of benzene rings is 3. The molecule has 31 heavy (non-hydrogen) atoms. The van der Waals surface area contributed by atoms with Crippen LogP contribution in [0.15, 0.2) is 85.7 Å². The van der Waals surface area contributed by atoms with Crippen molar-refractivity contribution in [2.75, 3.05) is 0 Å². The Morgan fingerprint density at radius 2 is 1.42 bits per heavy atom. The van der Waals surface area contributed by atoms with E-state index in [4.69, 9.17) is 0 Å². The zero-order valence-corrected chi connectivity index (χ0v) is 17.3. The molecule has 1 heterocycles. The van der Waals surface area contributed by atoms with Gasteiger partial charge in [-0.3, -0.25) is 0 Å². The number of nitrogens with zero attached hydrogens (tertiary/aromatic N) is 2. The lowest BCUT2D eigenvalue weighted by Gasteiger charge is -2.03. The molecule has 0 amide bonds. The molecule has 0 aliphatic carbocycles. The van der Waals surface area contributed by atoms with Crippen molar-refractivity contribution in [1.82, 2.24) is 9.97 Å². The lowest BCUT2D eigenvalue weighted by atomic mass is 10.1. The molecule has 0 bridgehead atoms. The van der Waals surface area contributed by atoms with Crippen LogP contribution in [-0.4, -0.2) is 9.97 Å². The molecule has 0 fully saturated rings. The summed E-state index contributed by atoms with van der Waals surface area (Å²) in [6.07, 6.45) is 9.31. The van der Waals surface area contributed by atoms with Crippen LogP contribution >= 0.6 is 0 Å². The summed E-state index contributed by atoms with van der Waals surface area (Å²) < 4.78 is 13.3. The summed E-state index contributed by atoms with van der Waals surface area (Å²) in [6, 6.07) is 18.9. The summed E-state index contributed by atoms with van der Waals surface area (Å²) in [7, 11) is 0. The fourth-order valence-electron chi connectivity index (χ4n) is 3.36. The Labute approximate surface area is 182 Å². The number of fused-ring (bicyclic) bond motifs is 1. The van der Waals surface area contributed by atoms with Gasteiger partial charge >= 0.3 is 0 Å². The van der Waals surface area contributed by atoms with Gasteiger partial charge in [0.2, 0.25) is 0 Å². The van der Waals surface area contributed by atoms with Crippen molar-refractivity contribution < 1.29 is 4.39 Å². The van der Waals surface area contributed by atoms with E-state index >= 15 is 0 Å². The van der Waals surface area contributed by atoms with Gasteiger partial charge in [0.05, 0.1) is 0 Å². The van der Waals surface area contributed by atoms with E-state index < -0.39 is 0 Å². The van der Waals surface area contributed by atoms with Crippen molar-refractivity contribution in [3.63, 3.8) is 0 Å².